The molecule has 1 fully saturated rings. The van der Waals surface area contributed by atoms with Gasteiger partial charge in [0.15, 0.2) is 0 Å². The van der Waals surface area contributed by atoms with E-state index < -0.39 is 0 Å². The summed E-state index contributed by atoms with van der Waals surface area (Å²) in [6, 6.07) is 6.58. The average Bonchev–Trinajstić information content (AvgIpc) is 2.79. The quantitative estimate of drug-likeness (QED) is 0.909. The van der Waals surface area contributed by atoms with Crippen LogP contribution >= 0.6 is 23.1 Å². The molecule has 0 spiro atoms. The summed E-state index contributed by atoms with van der Waals surface area (Å²) in [5.41, 5.74) is 1.96. The van der Waals surface area contributed by atoms with Crippen LogP contribution in [0.3, 0.4) is 0 Å². The fourth-order valence-corrected chi connectivity index (χ4v) is 3.48. The van der Waals surface area contributed by atoms with Crippen molar-refractivity contribution in [2.24, 2.45) is 0 Å². The maximum absolute atomic E-state index is 6.20. The predicted molar refractivity (Wildman–Crippen MR) is 88.9 cm³/mol. The smallest absolute Gasteiger partial charge is 0.138 e. The first kappa shape index (κ1) is 15.8. The number of nitrogens with zero attached hydrogens (tertiary/aromatic N) is 4. The molecular formula is C15H20ClN5S. The topological polar surface area (TPSA) is 53.9 Å². The van der Waals surface area contributed by atoms with Gasteiger partial charge in [0.1, 0.15) is 10.0 Å². The molecule has 1 aliphatic rings. The fourth-order valence-electron chi connectivity index (χ4n) is 2.86. The Morgan fingerprint density at radius 1 is 1.27 bits per heavy atom. The largest absolute Gasteiger partial charge is 0.317 e. The highest BCUT2D eigenvalue weighted by Gasteiger charge is 2.22. The minimum absolute atomic E-state index is 0.523. The Balaban J connectivity index is 1.76. The minimum Gasteiger partial charge on any atom is -0.317 e. The minimum atomic E-state index is 0.523. The second-order valence-corrected chi connectivity index (χ2v) is 6.91. The lowest BCUT2D eigenvalue weighted by Crippen LogP contribution is -2.35. The van der Waals surface area contributed by atoms with Gasteiger partial charge in [0.25, 0.3) is 0 Å². The number of halogens is 1. The van der Waals surface area contributed by atoms with Gasteiger partial charge in [-0.2, -0.15) is 0 Å². The molecule has 0 aliphatic carbocycles. The van der Waals surface area contributed by atoms with E-state index in [9.17, 15) is 0 Å². The highest BCUT2D eigenvalue weighted by molar-refractivity contribution is 7.10. The van der Waals surface area contributed by atoms with Gasteiger partial charge in [-0.05, 0) is 44.5 Å². The molecule has 1 aliphatic heterocycles. The third-order valence-corrected chi connectivity index (χ3v) is 5.00. The van der Waals surface area contributed by atoms with Gasteiger partial charge < -0.3 is 5.32 Å². The van der Waals surface area contributed by atoms with Gasteiger partial charge >= 0.3 is 0 Å². The summed E-state index contributed by atoms with van der Waals surface area (Å²) < 4.78 is 4.64. The van der Waals surface area contributed by atoms with Crippen LogP contribution in [0.5, 0.6) is 0 Å². The van der Waals surface area contributed by atoms with Crippen LogP contribution in [0.1, 0.15) is 30.7 Å². The number of aromatic nitrogens is 3. The van der Waals surface area contributed by atoms with E-state index >= 15 is 0 Å². The third kappa shape index (κ3) is 4.23. The molecule has 0 unspecified atom stereocenters. The normalized spacial score (nSPS) is 19.3. The monoisotopic (exact) mass is 337 g/mol. The lowest BCUT2D eigenvalue weighted by atomic mass is 10.1. The van der Waals surface area contributed by atoms with Gasteiger partial charge in [0, 0.05) is 36.9 Å². The molecule has 3 heterocycles. The molecule has 0 radical (unpaired) electrons. The molecule has 22 heavy (non-hydrogen) atoms. The van der Waals surface area contributed by atoms with E-state index in [-0.39, 0.29) is 0 Å². The van der Waals surface area contributed by atoms with E-state index in [4.69, 9.17) is 11.6 Å². The van der Waals surface area contributed by atoms with Crippen molar-refractivity contribution < 1.29 is 0 Å². The Morgan fingerprint density at radius 3 is 3.00 bits per heavy atom. The number of hydrogen-bond acceptors (Lipinski definition) is 6. The van der Waals surface area contributed by atoms with Crippen molar-refractivity contribution in [3.05, 3.63) is 40.1 Å². The van der Waals surface area contributed by atoms with Crippen molar-refractivity contribution in [1.82, 2.24) is 24.8 Å². The van der Waals surface area contributed by atoms with Crippen LogP contribution in [-0.4, -0.2) is 38.6 Å². The second kappa shape index (κ2) is 7.97. The van der Waals surface area contributed by atoms with Crippen molar-refractivity contribution in [2.45, 2.75) is 38.4 Å². The van der Waals surface area contributed by atoms with Crippen LogP contribution in [0, 0.1) is 0 Å². The van der Waals surface area contributed by atoms with Crippen LogP contribution in [0.15, 0.2) is 24.4 Å². The van der Waals surface area contributed by atoms with Gasteiger partial charge in [0.2, 0.25) is 0 Å². The first-order valence-corrected chi connectivity index (χ1v) is 8.79. The maximum Gasteiger partial charge on any atom is 0.138 e. The van der Waals surface area contributed by atoms with Crippen LogP contribution < -0.4 is 5.32 Å². The third-order valence-electron chi connectivity index (χ3n) is 4.02. The Kier molecular flexibility index (Phi) is 5.72. The van der Waals surface area contributed by atoms with Gasteiger partial charge in [0.05, 0.1) is 5.69 Å². The van der Waals surface area contributed by atoms with Crippen LogP contribution in [0.4, 0.5) is 0 Å². The summed E-state index contributed by atoms with van der Waals surface area (Å²) in [5.74, 6) is 0. The highest BCUT2D eigenvalue weighted by Crippen LogP contribution is 2.23. The number of hydrogen-bond donors (Lipinski definition) is 1. The van der Waals surface area contributed by atoms with Gasteiger partial charge in [-0.15, -0.1) is 5.10 Å². The summed E-state index contributed by atoms with van der Waals surface area (Å²) in [5, 5.41) is 7.65. The van der Waals surface area contributed by atoms with Gasteiger partial charge in [-0.25, -0.2) is 0 Å². The van der Waals surface area contributed by atoms with Crippen molar-refractivity contribution in [3.63, 3.8) is 0 Å². The van der Waals surface area contributed by atoms with Crippen LogP contribution in [0.2, 0.25) is 4.34 Å². The standard InChI is InChI=1S/C15H20ClN5S/c16-15-14(19-20-22-15)11-21(10-12-4-1-2-8-18-12)13-5-3-7-17-9-6-13/h1-2,4,8,13,17H,3,5-7,9-11H2/t13-/m0/s1. The van der Waals surface area contributed by atoms with Gasteiger partial charge in [-0.1, -0.05) is 22.2 Å². The molecule has 1 saturated heterocycles. The maximum atomic E-state index is 6.20. The molecule has 2 aromatic rings. The zero-order valence-electron chi connectivity index (χ0n) is 12.4. The molecule has 3 rings (SSSR count). The van der Waals surface area contributed by atoms with Gasteiger partial charge in [-0.3, -0.25) is 9.88 Å². The summed E-state index contributed by atoms with van der Waals surface area (Å²) in [6.45, 7) is 3.72. The molecule has 0 saturated carbocycles. The molecule has 1 atom stereocenters. The Labute approximate surface area is 139 Å². The second-order valence-electron chi connectivity index (χ2n) is 5.55. The van der Waals surface area contributed by atoms with E-state index in [1.54, 1.807) is 0 Å². The molecule has 2 aromatic heterocycles. The fraction of sp³-hybridized carbons (Fsp3) is 0.533. The molecule has 7 heteroatoms. The van der Waals surface area contributed by atoms with Crippen molar-refractivity contribution in [3.8, 4) is 0 Å². The Morgan fingerprint density at radius 2 is 2.23 bits per heavy atom. The molecular weight excluding hydrogens is 318 g/mol. The lowest BCUT2D eigenvalue weighted by Gasteiger charge is -2.30. The summed E-state index contributed by atoms with van der Waals surface area (Å²) in [4.78, 5) is 6.91. The number of nitrogens with one attached hydrogen (secondary N) is 1. The number of pyridine rings is 1. The zero-order chi connectivity index (χ0) is 15.2. The van der Waals surface area contributed by atoms with E-state index in [1.807, 2.05) is 18.3 Å². The first-order chi connectivity index (χ1) is 10.8. The van der Waals surface area contributed by atoms with E-state index in [0.29, 0.717) is 10.4 Å². The average molecular weight is 338 g/mol. The lowest BCUT2D eigenvalue weighted by molar-refractivity contribution is 0.160. The Hall–Kier alpha value is -1.08. The van der Waals surface area contributed by atoms with Crippen molar-refractivity contribution >= 4 is 23.1 Å². The van der Waals surface area contributed by atoms with Crippen molar-refractivity contribution in [1.29, 1.82) is 0 Å². The summed E-state index contributed by atoms with van der Waals surface area (Å²) in [6.07, 6.45) is 5.38. The molecule has 5 nitrogen and oxygen atoms in total. The SMILES string of the molecule is Clc1snnc1CN(Cc1ccccn1)[C@H]1CCCNCC1. The van der Waals surface area contributed by atoms with Crippen molar-refractivity contribution in [2.75, 3.05) is 13.1 Å². The Bertz CT molecular complexity index is 568. The molecule has 118 valence electrons. The predicted octanol–water partition coefficient (Wildman–Crippen LogP) is 2.73. The first-order valence-electron chi connectivity index (χ1n) is 7.64. The highest BCUT2D eigenvalue weighted by atomic mass is 35.5. The molecule has 1 N–H and O–H groups in total. The molecule has 0 amide bonds. The summed E-state index contributed by atoms with van der Waals surface area (Å²) in [7, 11) is 0. The van der Waals surface area contributed by atoms with Crippen LogP contribution in [-0.2, 0) is 13.1 Å². The summed E-state index contributed by atoms with van der Waals surface area (Å²) >= 11 is 7.45. The van der Waals surface area contributed by atoms with Crippen LogP contribution in [0.25, 0.3) is 0 Å². The van der Waals surface area contributed by atoms with E-state index in [2.05, 4.69) is 30.9 Å². The van der Waals surface area contributed by atoms with E-state index in [1.165, 1.54) is 24.4 Å². The van der Waals surface area contributed by atoms with E-state index in [0.717, 1.165) is 44.0 Å². The number of rotatable bonds is 5. The zero-order valence-corrected chi connectivity index (χ0v) is 14.0. The molecule has 0 aromatic carbocycles. The molecule has 0 bridgehead atoms.